The Hall–Kier alpha value is -1.76. The summed E-state index contributed by atoms with van der Waals surface area (Å²) in [7, 11) is 0. The lowest BCUT2D eigenvalue weighted by Gasteiger charge is -2.33. The zero-order valence-electron chi connectivity index (χ0n) is 17.2. The summed E-state index contributed by atoms with van der Waals surface area (Å²) < 4.78 is 29.0. The summed E-state index contributed by atoms with van der Waals surface area (Å²) >= 11 is 2.00. The van der Waals surface area contributed by atoms with Crippen molar-refractivity contribution in [2.45, 2.75) is 17.8 Å². The monoisotopic (exact) mass is 650 g/mol. The van der Waals surface area contributed by atoms with Crippen LogP contribution in [-0.4, -0.2) is 34.8 Å². The first-order chi connectivity index (χ1) is 14.7. The van der Waals surface area contributed by atoms with Crippen LogP contribution in [0, 0.1) is 24.0 Å². The number of nitrogens with zero attached hydrogens (tertiary/aromatic N) is 2. The fraction of sp³-hybridized carbons (Fsp3) is 0.273. The van der Waals surface area contributed by atoms with Crippen molar-refractivity contribution in [1.82, 2.24) is 15.3 Å². The first-order valence-electron chi connectivity index (χ1n) is 9.39. The molecule has 0 saturated carbocycles. The largest absolute Gasteiger partial charge is 0.383 e. The topological polar surface area (TPSA) is 80.9 Å². The van der Waals surface area contributed by atoms with Crippen molar-refractivity contribution in [2.75, 3.05) is 17.2 Å². The molecule has 1 heterocycles. The summed E-state index contributed by atoms with van der Waals surface area (Å²) in [5, 5.41) is 2.69. The highest BCUT2D eigenvalue weighted by Gasteiger charge is 2.33. The zero-order chi connectivity index (χ0) is 22.8. The van der Waals surface area contributed by atoms with Crippen molar-refractivity contribution < 1.29 is 13.6 Å². The van der Waals surface area contributed by atoms with Crippen LogP contribution < -0.4 is 11.1 Å². The fourth-order valence-corrected chi connectivity index (χ4v) is 6.27. The number of aromatic nitrogens is 2. The number of halogens is 4. The van der Waals surface area contributed by atoms with Gasteiger partial charge in [-0.05, 0) is 29.6 Å². The maximum Gasteiger partial charge on any atom is 0.257 e. The SMILES string of the molecule is CI=C(C1=CC(I)C(C)(CNC(=O)c2c(F)cccc2F)C=C1)c1c(C)ncnc1N. The predicted molar refractivity (Wildman–Crippen MR) is 137 cm³/mol. The van der Waals surface area contributed by atoms with E-state index in [2.05, 4.69) is 48.9 Å². The van der Waals surface area contributed by atoms with Gasteiger partial charge in [0.2, 0.25) is 0 Å². The van der Waals surface area contributed by atoms with Crippen LogP contribution in [0.2, 0.25) is 0 Å². The molecule has 0 saturated heterocycles. The highest BCUT2D eigenvalue weighted by atomic mass is 127. The van der Waals surface area contributed by atoms with Crippen LogP contribution in [0.1, 0.15) is 28.5 Å². The van der Waals surface area contributed by atoms with Gasteiger partial charge in [0.25, 0.3) is 5.91 Å². The number of benzene rings is 1. The lowest BCUT2D eigenvalue weighted by Crippen LogP contribution is -2.41. The van der Waals surface area contributed by atoms with Crippen LogP contribution in [0.25, 0.3) is 0 Å². The normalized spacial score (nSPS) is 21.3. The molecule has 164 valence electrons. The summed E-state index contributed by atoms with van der Waals surface area (Å²) in [4.78, 5) is 23.0. The van der Waals surface area contributed by atoms with E-state index in [0.29, 0.717) is 5.82 Å². The Bertz CT molecular complexity index is 1080. The minimum atomic E-state index is -0.876. The van der Waals surface area contributed by atoms with Gasteiger partial charge in [0.1, 0.15) is 29.3 Å². The van der Waals surface area contributed by atoms with Crippen LogP contribution in [0.15, 0.2) is 48.3 Å². The number of nitrogen functional groups attached to an aromatic ring is 1. The minimum Gasteiger partial charge on any atom is -0.383 e. The number of hydrogen-bond donors (Lipinski definition) is 2. The molecule has 9 heteroatoms. The van der Waals surface area contributed by atoms with Crippen LogP contribution >= 0.6 is 43.3 Å². The molecule has 3 N–H and O–H groups in total. The maximum absolute atomic E-state index is 13.9. The van der Waals surface area contributed by atoms with Crippen molar-refractivity contribution in [3.8, 4) is 0 Å². The Morgan fingerprint density at radius 2 is 1.97 bits per heavy atom. The molecule has 3 rings (SSSR count). The first kappa shape index (κ1) is 23.9. The smallest absolute Gasteiger partial charge is 0.257 e. The molecule has 0 aliphatic heterocycles. The number of alkyl halides is 2. The van der Waals surface area contributed by atoms with Gasteiger partial charge >= 0.3 is 0 Å². The van der Waals surface area contributed by atoms with Gasteiger partial charge in [0.05, 0.1) is 11.3 Å². The van der Waals surface area contributed by atoms with Gasteiger partial charge in [-0.1, -0.05) is 53.8 Å². The summed E-state index contributed by atoms with van der Waals surface area (Å²) in [6.07, 6.45) is 7.66. The van der Waals surface area contributed by atoms with Gasteiger partial charge < -0.3 is 11.1 Å². The van der Waals surface area contributed by atoms with E-state index in [0.717, 1.165) is 32.5 Å². The van der Waals surface area contributed by atoms with Gasteiger partial charge in [-0.2, -0.15) is 0 Å². The summed E-state index contributed by atoms with van der Waals surface area (Å²) in [5.41, 5.74) is 7.96. The molecule has 2 aromatic rings. The van der Waals surface area contributed by atoms with E-state index in [1.54, 1.807) is 0 Å². The molecule has 0 bridgehead atoms. The van der Waals surface area contributed by atoms with Crippen molar-refractivity contribution in [2.24, 2.45) is 5.41 Å². The zero-order valence-corrected chi connectivity index (χ0v) is 21.5. The Labute approximate surface area is 203 Å². The van der Waals surface area contributed by atoms with Crippen molar-refractivity contribution in [3.63, 3.8) is 0 Å². The van der Waals surface area contributed by atoms with Crippen LogP contribution in [-0.2, 0) is 0 Å². The van der Waals surface area contributed by atoms with Crippen molar-refractivity contribution in [1.29, 1.82) is 0 Å². The second-order valence-corrected chi connectivity index (χ2v) is 10.9. The molecule has 31 heavy (non-hydrogen) atoms. The minimum absolute atomic E-state index is 0.0348. The molecule has 1 aliphatic carbocycles. The third-order valence-electron chi connectivity index (χ3n) is 5.15. The molecule has 1 aromatic heterocycles. The Morgan fingerprint density at radius 1 is 1.29 bits per heavy atom. The fourth-order valence-electron chi connectivity index (χ4n) is 3.26. The molecule has 0 spiro atoms. The average molecular weight is 650 g/mol. The standard InChI is InChI=1S/C22H22F2I2N4O/c1-12-17(20(27)30-11-29-12)19(26-3)13-7-8-22(2,16(25)9-13)10-28-21(31)18-14(23)5-4-6-15(18)24/h4-9,11,16H,10H2,1-3H3,(H,28,31)(H2,27,29,30). The number of allylic oxidation sites excluding steroid dienone is 3. The first-order valence-corrected chi connectivity index (χ1v) is 13.9. The Morgan fingerprint density at radius 3 is 2.55 bits per heavy atom. The predicted octanol–water partition coefficient (Wildman–Crippen LogP) is 4.50. The second-order valence-electron chi connectivity index (χ2n) is 7.36. The maximum atomic E-state index is 13.9. The van der Waals surface area contributed by atoms with E-state index in [1.165, 1.54) is 12.4 Å². The number of nitrogens with one attached hydrogen (secondary N) is 1. The number of anilines is 1. The molecular weight excluding hydrogens is 628 g/mol. The highest BCUT2D eigenvalue weighted by Crippen LogP contribution is 2.37. The number of hydrogen-bond acceptors (Lipinski definition) is 4. The van der Waals surface area contributed by atoms with Crippen molar-refractivity contribution in [3.05, 3.63) is 76.8 Å². The average Bonchev–Trinajstić information content (AvgIpc) is 2.72. The molecule has 2 atom stereocenters. The van der Waals surface area contributed by atoms with Crippen LogP contribution in [0.3, 0.4) is 0 Å². The third kappa shape index (κ3) is 5.02. The van der Waals surface area contributed by atoms with Gasteiger partial charge in [-0.3, -0.25) is 4.79 Å². The molecular formula is C22H22F2I2N4O. The van der Waals surface area contributed by atoms with E-state index in [9.17, 15) is 13.6 Å². The van der Waals surface area contributed by atoms with E-state index >= 15 is 0 Å². The molecule has 1 aromatic carbocycles. The molecule has 0 fully saturated rings. The van der Waals surface area contributed by atoms with Gasteiger partial charge in [-0.25, -0.2) is 18.7 Å². The van der Waals surface area contributed by atoms with Crippen LogP contribution in [0.4, 0.5) is 14.6 Å². The number of nitrogens with two attached hydrogens (primary N) is 1. The third-order valence-corrected chi connectivity index (χ3v) is 9.17. The molecule has 0 radical (unpaired) electrons. The number of amides is 1. The number of carbonyl (C=O) groups is 1. The summed E-state index contributed by atoms with van der Waals surface area (Å²) in [5.74, 6) is -2.05. The Balaban J connectivity index is 1.80. The lowest BCUT2D eigenvalue weighted by molar-refractivity contribution is 0.0933. The van der Waals surface area contributed by atoms with Crippen LogP contribution in [0.5, 0.6) is 0 Å². The summed E-state index contributed by atoms with van der Waals surface area (Å²) in [6, 6.07) is 3.38. The lowest BCUT2D eigenvalue weighted by atomic mass is 9.80. The van der Waals surface area contributed by atoms with Gasteiger partial charge in [-0.15, -0.1) is 20.7 Å². The second kappa shape index (κ2) is 9.80. The number of carbonyl (C=O) groups excluding carboxylic acids is 1. The Kier molecular flexibility index (Phi) is 7.55. The highest BCUT2D eigenvalue weighted by molar-refractivity contribution is 14.2. The number of rotatable bonds is 5. The van der Waals surface area contributed by atoms with E-state index < -0.39 is 28.5 Å². The van der Waals surface area contributed by atoms with E-state index in [-0.39, 0.29) is 31.2 Å². The molecule has 1 aliphatic rings. The van der Waals surface area contributed by atoms with E-state index in [1.807, 2.05) is 26.0 Å². The quantitative estimate of drug-likeness (QED) is 0.369. The van der Waals surface area contributed by atoms with Gasteiger partial charge in [0, 0.05) is 19.4 Å². The van der Waals surface area contributed by atoms with Gasteiger partial charge in [0.15, 0.2) is 0 Å². The molecule has 5 nitrogen and oxygen atoms in total. The summed E-state index contributed by atoms with van der Waals surface area (Å²) in [6.45, 7) is 4.15. The van der Waals surface area contributed by atoms with E-state index in [4.69, 9.17) is 5.73 Å². The molecule has 2 unspecified atom stereocenters. The number of aryl methyl sites for hydroxylation is 1. The van der Waals surface area contributed by atoms with Crippen molar-refractivity contribution >= 4 is 58.6 Å². The molecule has 1 amide bonds.